The molecule has 3 heteroatoms. The monoisotopic (exact) mass is 288 g/mol. The molecule has 1 unspecified atom stereocenters. The van der Waals surface area contributed by atoms with Crippen LogP contribution in [-0.4, -0.2) is 35.5 Å². The van der Waals surface area contributed by atoms with Gasteiger partial charge in [-0.2, -0.15) is 0 Å². The third kappa shape index (κ3) is 4.07. The molecule has 1 aromatic carbocycles. The third-order valence-corrected chi connectivity index (χ3v) is 4.09. The first-order valence-corrected chi connectivity index (χ1v) is 7.91. The number of nitrogens with one attached hydrogen (secondary N) is 1. The fourth-order valence-corrected chi connectivity index (χ4v) is 3.05. The summed E-state index contributed by atoms with van der Waals surface area (Å²) in [6.45, 7) is 12.4. The van der Waals surface area contributed by atoms with Crippen molar-refractivity contribution in [1.29, 1.82) is 0 Å². The minimum absolute atomic E-state index is 0.0209. The second-order valence-corrected chi connectivity index (χ2v) is 7.35. The van der Waals surface area contributed by atoms with E-state index in [0.29, 0.717) is 5.92 Å². The molecule has 1 saturated heterocycles. The van der Waals surface area contributed by atoms with Gasteiger partial charge in [-0.25, -0.2) is 0 Å². The van der Waals surface area contributed by atoms with Crippen LogP contribution in [0.15, 0.2) is 24.3 Å². The zero-order valence-electron chi connectivity index (χ0n) is 13.9. The maximum atomic E-state index is 12.9. The smallest absolute Gasteiger partial charge is 0.254 e. The number of carbonyl (C=O) groups excluding carboxylic acids is 1. The van der Waals surface area contributed by atoms with E-state index < -0.39 is 0 Å². The molecule has 0 aliphatic carbocycles. The SMILES string of the molecule is Cc1cccc(C(=O)N2CC(C)(C)NCC2CC(C)C)c1. The molecular formula is C18H28N2O. The highest BCUT2D eigenvalue weighted by atomic mass is 16.2. The average Bonchev–Trinajstić information content (AvgIpc) is 2.39. The van der Waals surface area contributed by atoms with E-state index in [4.69, 9.17) is 0 Å². The van der Waals surface area contributed by atoms with Gasteiger partial charge in [0.05, 0.1) is 0 Å². The normalized spacial score (nSPS) is 21.6. The molecule has 1 heterocycles. The average molecular weight is 288 g/mol. The molecule has 0 saturated carbocycles. The van der Waals surface area contributed by atoms with E-state index >= 15 is 0 Å². The van der Waals surface area contributed by atoms with Crippen LogP contribution >= 0.6 is 0 Å². The van der Waals surface area contributed by atoms with Gasteiger partial charge in [0.2, 0.25) is 0 Å². The fraction of sp³-hybridized carbons (Fsp3) is 0.611. The molecule has 1 aliphatic heterocycles. The topological polar surface area (TPSA) is 32.3 Å². The van der Waals surface area contributed by atoms with Crippen LogP contribution in [0.1, 0.15) is 50.0 Å². The van der Waals surface area contributed by atoms with Crippen LogP contribution in [0.2, 0.25) is 0 Å². The summed E-state index contributed by atoms with van der Waals surface area (Å²) >= 11 is 0. The molecule has 1 aliphatic rings. The van der Waals surface area contributed by atoms with Gasteiger partial charge < -0.3 is 10.2 Å². The maximum Gasteiger partial charge on any atom is 0.254 e. The van der Waals surface area contributed by atoms with E-state index in [-0.39, 0.29) is 17.5 Å². The molecule has 3 nitrogen and oxygen atoms in total. The summed E-state index contributed by atoms with van der Waals surface area (Å²) in [6.07, 6.45) is 1.04. The lowest BCUT2D eigenvalue weighted by molar-refractivity contribution is 0.0468. The Morgan fingerprint density at radius 2 is 2.14 bits per heavy atom. The Labute approximate surface area is 128 Å². The number of nitrogens with zero attached hydrogens (tertiary/aromatic N) is 1. The van der Waals surface area contributed by atoms with Crippen LogP contribution in [0.5, 0.6) is 0 Å². The summed E-state index contributed by atoms with van der Waals surface area (Å²) in [5, 5.41) is 3.57. The molecule has 116 valence electrons. The highest BCUT2D eigenvalue weighted by molar-refractivity contribution is 5.94. The van der Waals surface area contributed by atoms with E-state index in [0.717, 1.165) is 30.6 Å². The predicted octanol–water partition coefficient (Wildman–Crippen LogP) is 3.23. The zero-order valence-corrected chi connectivity index (χ0v) is 13.9. The van der Waals surface area contributed by atoms with Gasteiger partial charge in [0, 0.05) is 30.2 Å². The molecule has 0 radical (unpaired) electrons. The minimum atomic E-state index is -0.0209. The first-order chi connectivity index (χ1) is 9.78. The molecule has 1 atom stereocenters. The van der Waals surface area contributed by atoms with Gasteiger partial charge in [0.15, 0.2) is 0 Å². The van der Waals surface area contributed by atoms with Gasteiger partial charge in [0.1, 0.15) is 0 Å². The molecule has 1 fully saturated rings. The van der Waals surface area contributed by atoms with Gasteiger partial charge >= 0.3 is 0 Å². The largest absolute Gasteiger partial charge is 0.333 e. The van der Waals surface area contributed by atoms with Crippen LogP contribution in [-0.2, 0) is 0 Å². The Bertz CT molecular complexity index is 508. The van der Waals surface area contributed by atoms with Crippen LogP contribution < -0.4 is 5.32 Å². The lowest BCUT2D eigenvalue weighted by Crippen LogP contribution is -2.63. The number of amides is 1. The number of benzene rings is 1. The molecule has 0 aromatic heterocycles. The van der Waals surface area contributed by atoms with E-state index in [1.54, 1.807) is 0 Å². The third-order valence-electron chi connectivity index (χ3n) is 4.09. The number of carbonyl (C=O) groups is 1. The van der Waals surface area contributed by atoms with E-state index in [1.165, 1.54) is 0 Å². The van der Waals surface area contributed by atoms with Crippen LogP contribution in [0.4, 0.5) is 0 Å². The van der Waals surface area contributed by atoms with Crippen LogP contribution in [0.3, 0.4) is 0 Å². The first kappa shape index (κ1) is 16.0. The molecule has 0 bridgehead atoms. The summed E-state index contributed by atoms with van der Waals surface area (Å²) < 4.78 is 0. The number of rotatable bonds is 3. The summed E-state index contributed by atoms with van der Waals surface area (Å²) in [7, 11) is 0. The quantitative estimate of drug-likeness (QED) is 0.926. The van der Waals surface area contributed by atoms with Gasteiger partial charge in [-0.15, -0.1) is 0 Å². The summed E-state index contributed by atoms with van der Waals surface area (Å²) in [5.41, 5.74) is 1.92. The summed E-state index contributed by atoms with van der Waals surface area (Å²) in [5.74, 6) is 0.754. The Balaban J connectivity index is 2.24. The highest BCUT2D eigenvalue weighted by Crippen LogP contribution is 2.22. The first-order valence-electron chi connectivity index (χ1n) is 7.91. The van der Waals surface area contributed by atoms with Crippen molar-refractivity contribution in [2.45, 2.75) is 52.6 Å². The molecule has 1 amide bonds. The van der Waals surface area contributed by atoms with Crippen LogP contribution in [0, 0.1) is 12.8 Å². The minimum Gasteiger partial charge on any atom is -0.333 e. The van der Waals surface area contributed by atoms with E-state index in [1.807, 2.05) is 31.2 Å². The van der Waals surface area contributed by atoms with Crippen molar-refractivity contribution in [3.05, 3.63) is 35.4 Å². The summed E-state index contributed by atoms with van der Waals surface area (Å²) in [4.78, 5) is 15.0. The van der Waals surface area contributed by atoms with Gasteiger partial charge in [-0.3, -0.25) is 4.79 Å². The fourth-order valence-electron chi connectivity index (χ4n) is 3.05. The molecular weight excluding hydrogens is 260 g/mol. The van der Waals surface area contributed by atoms with Gasteiger partial charge in [-0.05, 0) is 45.2 Å². The zero-order chi connectivity index (χ0) is 15.6. The van der Waals surface area contributed by atoms with Crippen molar-refractivity contribution in [1.82, 2.24) is 10.2 Å². The van der Waals surface area contributed by atoms with Gasteiger partial charge in [-0.1, -0.05) is 31.5 Å². The number of piperazine rings is 1. The van der Waals surface area contributed by atoms with Crippen molar-refractivity contribution in [3.63, 3.8) is 0 Å². The molecule has 21 heavy (non-hydrogen) atoms. The molecule has 0 spiro atoms. The van der Waals surface area contributed by atoms with Crippen molar-refractivity contribution < 1.29 is 4.79 Å². The predicted molar refractivity (Wildman–Crippen MR) is 87.5 cm³/mol. The van der Waals surface area contributed by atoms with Crippen molar-refractivity contribution in [3.8, 4) is 0 Å². The number of hydrogen-bond donors (Lipinski definition) is 1. The second kappa shape index (κ2) is 6.18. The van der Waals surface area contributed by atoms with E-state index in [9.17, 15) is 4.79 Å². The standard InChI is InChI=1S/C18H28N2O/c1-13(2)9-16-11-19-18(4,5)12-20(16)17(21)15-8-6-7-14(3)10-15/h6-8,10,13,16,19H,9,11-12H2,1-5H3. The van der Waals surface area contributed by atoms with Crippen LogP contribution in [0.25, 0.3) is 0 Å². The Kier molecular flexibility index (Phi) is 4.72. The molecule has 1 aromatic rings. The number of hydrogen-bond acceptors (Lipinski definition) is 2. The van der Waals surface area contributed by atoms with Crippen molar-refractivity contribution in [2.24, 2.45) is 5.92 Å². The van der Waals surface area contributed by atoms with Gasteiger partial charge in [0.25, 0.3) is 5.91 Å². The lowest BCUT2D eigenvalue weighted by atomic mass is 9.93. The second-order valence-electron chi connectivity index (χ2n) is 7.35. The van der Waals surface area contributed by atoms with E-state index in [2.05, 4.69) is 37.9 Å². The molecule has 1 N–H and O–H groups in total. The maximum absolute atomic E-state index is 12.9. The lowest BCUT2D eigenvalue weighted by Gasteiger charge is -2.45. The van der Waals surface area contributed by atoms with Crippen molar-refractivity contribution >= 4 is 5.91 Å². The van der Waals surface area contributed by atoms with Crippen molar-refractivity contribution in [2.75, 3.05) is 13.1 Å². The molecule has 2 rings (SSSR count). The Hall–Kier alpha value is -1.35. The Morgan fingerprint density at radius 1 is 1.43 bits per heavy atom. The Morgan fingerprint density at radius 3 is 2.76 bits per heavy atom. The highest BCUT2D eigenvalue weighted by Gasteiger charge is 2.35. The number of aryl methyl sites for hydroxylation is 1. The summed E-state index contributed by atoms with van der Waals surface area (Å²) in [6, 6.07) is 8.20.